The van der Waals surface area contributed by atoms with E-state index in [0.717, 1.165) is 99.5 Å². The van der Waals surface area contributed by atoms with Gasteiger partial charge in [-0.05, 0) is 168 Å². The SMILES string of the molecule is Cc1ccccc1N(c1ccc2cc3c(cc2c1)oc1cc2c(cc13)oc1cc3cc(N(c4ccc5c(c4)c4cccc6c7ccccc7n5c64)c4ccccc4C)ccc3cc12)c1ccc2c(c1)c1cccc3c4ccccc4n2c31. The van der Waals surface area contributed by atoms with Crippen molar-refractivity contribution in [3.8, 4) is 0 Å². The van der Waals surface area contributed by atoms with Crippen molar-refractivity contribution in [2.75, 3.05) is 9.80 Å². The zero-order valence-electron chi connectivity index (χ0n) is 44.7. The molecule has 0 unspecified atom stereocenters. The molecule has 0 aliphatic rings. The highest BCUT2D eigenvalue weighted by Crippen LogP contribution is 2.48. The molecule has 19 aromatic rings. The molecule has 6 heteroatoms. The standard InChI is InChI=1S/C76H46N4O2/c1-43-13-3-7-21-65(43)77(51-29-31-69-59(39-51)57-19-11-17-55-53-15-5-9-23-67(53)79(69)75(55)57)49-27-25-45-35-61-63-41-74-64(42-73(63)81-71(61)37-47(45)33-49)62-36-46-26-28-50(34-48(46)38-72(62)82-74)78(66-22-8-4-14-44(66)2)52-30-32-70-60(40-52)58-20-12-18-56-54-16-6-10-24-68(54)80(70)76(56)58/h3-42H,1-2H3. The predicted octanol–water partition coefficient (Wildman–Crippen LogP) is 21.6. The highest BCUT2D eigenvalue weighted by atomic mass is 16.3. The summed E-state index contributed by atoms with van der Waals surface area (Å²) in [4.78, 5) is 4.81. The summed E-state index contributed by atoms with van der Waals surface area (Å²) in [5.74, 6) is 0. The molecule has 19 rings (SSSR count). The molecule has 0 fully saturated rings. The fourth-order valence-corrected chi connectivity index (χ4v) is 14.4. The number of benzene rings is 13. The molecule has 0 saturated heterocycles. The third-order valence-corrected chi connectivity index (χ3v) is 18.1. The number of fused-ring (bicyclic) bond motifs is 20. The molecule has 0 aliphatic heterocycles. The summed E-state index contributed by atoms with van der Waals surface area (Å²) in [5, 5.41) is 18.9. The summed E-state index contributed by atoms with van der Waals surface area (Å²) >= 11 is 0. The minimum Gasteiger partial charge on any atom is -0.456 e. The van der Waals surface area contributed by atoms with Crippen molar-refractivity contribution in [3.05, 3.63) is 254 Å². The van der Waals surface area contributed by atoms with Gasteiger partial charge in [0.1, 0.15) is 22.3 Å². The van der Waals surface area contributed by atoms with Gasteiger partial charge in [-0.3, -0.25) is 0 Å². The first-order chi connectivity index (χ1) is 40.5. The minimum absolute atomic E-state index is 0.838. The van der Waals surface area contributed by atoms with Crippen LogP contribution in [0.2, 0.25) is 0 Å². The van der Waals surface area contributed by atoms with Gasteiger partial charge in [0.05, 0.1) is 33.1 Å². The first-order valence-electron chi connectivity index (χ1n) is 28.2. The van der Waals surface area contributed by atoms with E-state index in [0.29, 0.717) is 0 Å². The van der Waals surface area contributed by atoms with Gasteiger partial charge < -0.3 is 27.4 Å². The molecule has 0 aliphatic carbocycles. The number of para-hydroxylation sites is 6. The van der Waals surface area contributed by atoms with Gasteiger partial charge in [-0.25, -0.2) is 0 Å². The molecule has 6 nitrogen and oxygen atoms in total. The lowest BCUT2D eigenvalue weighted by Crippen LogP contribution is -2.11. The number of aromatic nitrogens is 2. The van der Waals surface area contributed by atoms with Gasteiger partial charge in [0.2, 0.25) is 0 Å². The fraction of sp³-hybridized carbons (Fsp3) is 0.0263. The highest BCUT2D eigenvalue weighted by Gasteiger charge is 2.24. The largest absolute Gasteiger partial charge is 0.456 e. The van der Waals surface area contributed by atoms with Crippen LogP contribution in [0.4, 0.5) is 34.1 Å². The molecule has 0 radical (unpaired) electrons. The van der Waals surface area contributed by atoms with Gasteiger partial charge in [0, 0.05) is 98.8 Å². The lowest BCUT2D eigenvalue weighted by Gasteiger charge is -2.27. The first-order valence-corrected chi connectivity index (χ1v) is 28.2. The van der Waals surface area contributed by atoms with Crippen molar-refractivity contribution in [3.63, 3.8) is 0 Å². The van der Waals surface area contributed by atoms with Crippen LogP contribution >= 0.6 is 0 Å². The van der Waals surface area contributed by atoms with Crippen LogP contribution < -0.4 is 9.80 Å². The zero-order valence-corrected chi connectivity index (χ0v) is 44.7. The second-order valence-corrected chi connectivity index (χ2v) is 22.6. The second-order valence-electron chi connectivity index (χ2n) is 22.6. The summed E-state index contributed by atoms with van der Waals surface area (Å²) in [6, 6.07) is 89.2. The van der Waals surface area contributed by atoms with E-state index in [-0.39, 0.29) is 0 Å². The molecular weight excluding hydrogens is 1000 g/mol. The van der Waals surface area contributed by atoms with Crippen molar-refractivity contribution in [2.24, 2.45) is 0 Å². The van der Waals surface area contributed by atoms with E-state index in [9.17, 15) is 0 Å². The molecule has 0 N–H and O–H groups in total. The van der Waals surface area contributed by atoms with Crippen molar-refractivity contribution >= 4 is 176 Å². The van der Waals surface area contributed by atoms with E-state index in [2.05, 4.69) is 275 Å². The Labute approximate surface area is 468 Å². The maximum absolute atomic E-state index is 6.84. The normalized spacial score (nSPS) is 12.5. The van der Waals surface area contributed by atoms with Crippen LogP contribution in [-0.4, -0.2) is 8.80 Å². The number of hydrogen-bond acceptors (Lipinski definition) is 4. The van der Waals surface area contributed by atoms with Crippen molar-refractivity contribution in [1.29, 1.82) is 0 Å². The Morgan fingerprint density at radius 3 is 1.07 bits per heavy atom. The monoisotopic (exact) mass is 1050 g/mol. The summed E-state index contributed by atoms with van der Waals surface area (Å²) in [5.41, 5.74) is 19.9. The van der Waals surface area contributed by atoms with Gasteiger partial charge in [-0.1, -0.05) is 121 Å². The number of furan rings is 2. The summed E-state index contributed by atoms with van der Waals surface area (Å²) in [7, 11) is 0. The Morgan fingerprint density at radius 2 is 0.610 bits per heavy atom. The van der Waals surface area contributed by atoms with Gasteiger partial charge >= 0.3 is 0 Å². The van der Waals surface area contributed by atoms with E-state index >= 15 is 0 Å². The lowest BCUT2D eigenvalue weighted by molar-refractivity contribution is 0.664. The van der Waals surface area contributed by atoms with Gasteiger partial charge in [0.15, 0.2) is 0 Å². The molecule has 0 amide bonds. The predicted molar refractivity (Wildman–Crippen MR) is 344 cm³/mol. The van der Waals surface area contributed by atoms with E-state index in [1.165, 1.54) is 87.3 Å². The number of hydrogen-bond donors (Lipinski definition) is 0. The molecule has 6 heterocycles. The summed E-state index contributed by atoms with van der Waals surface area (Å²) in [6.07, 6.45) is 0. The summed E-state index contributed by atoms with van der Waals surface area (Å²) in [6.45, 7) is 4.39. The first kappa shape index (κ1) is 44.1. The Bertz CT molecular complexity index is 5590. The molecule has 382 valence electrons. The molecule has 6 aromatic heterocycles. The van der Waals surface area contributed by atoms with Crippen LogP contribution in [-0.2, 0) is 0 Å². The lowest BCUT2D eigenvalue weighted by atomic mass is 10.0. The van der Waals surface area contributed by atoms with Gasteiger partial charge in [-0.15, -0.1) is 0 Å². The number of nitrogens with zero attached hydrogens (tertiary/aromatic N) is 4. The number of anilines is 6. The smallest absolute Gasteiger partial charge is 0.136 e. The van der Waals surface area contributed by atoms with E-state index < -0.39 is 0 Å². The molecule has 13 aromatic carbocycles. The van der Waals surface area contributed by atoms with Crippen LogP contribution in [0.25, 0.3) is 142 Å². The quantitative estimate of drug-likeness (QED) is 0.166. The second kappa shape index (κ2) is 15.9. The van der Waals surface area contributed by atoms with Crippen LogP contribution in [0, 0.1) is 13.8 Å². The molecule has 0 saturated carbocycles. The summed E-state index contributed by atoms with van der Waals surface area (Å²) < 4.78 is 18.6. The Hall–Kier alpha value is -10.8. The topological polar surface area (TPSA) is 41.6 Å². The average molecular weight is 1050 g/mol. The third kappa shape index (κ3) is 5.91. The molecular formula is C76H46N4O2. The number of aryl methyl sites for hydroxylation is 2. The number of rotatable bonds is 6. The maximum atomic E-state index is 6.84. The molecule has 0 bridgehead atoms. The van der Waals surface area contributed by atoms with Crippen LogP contribution in [0.3, 0.4) is 0 Å². The third-order valence-electron chi connectivity index (χ3n) is 18.1. The van der Waals surface area contributed by atoms with Crippen LogP contribution in [0.1, 0.15) is 11.1 Å². The zero-order chi connectivity index (χ0) is 53.6. The Kier molecular flexibility index (Phi) is 8.57. The highest BCUT2D eigenvalue weighted by molar-refractivity contribution is 6.26. The van der Waals surface area contributed by atoms with E-state index in [4.69, 9.17) is 8.83 Å². The van der Waals surface area contributed by atoms with E-state index in [1.807, 2.05) is 0 Å². The van der Waals surface area contributed by atoms with Crippen LogP contribution in [0.5, 0.6) is 0 Å². The van der Waals surface area contributed by atoms with Crippen molar-refractivity contribution < 1.29 is 8.83 Å². The van der Waals surface area contributed by atoms with Gasteiger partial charge in [-0.2, -0.15) is 0 Å². The maximum Gasteiger partial charge on any atom is 0.136 e. The minimum atomic E-state index is 0.838. The molecule has 0 atom stereocenters. The molecule has 0 spiro atoms. The van der Waals surface area contributed by atoms with Crippen molar-refractivity contribution in [2.45, 2.75) is 13.8 Å². The van der Waals surface area contributed by atoms with Gasteiger partial charge in [0.25, 0.3) is 0 Å². The van der Waals surface area contributed by atoms with Crippen molar-refractivity contribution in [1.82, 2.24) is 8.80 Å². The van der Waals surface area contributed by atoms with E-state index in [1.54, 1.807) is 0 Å². The van der Waals surface area contributed by atoms with Crippen LogP contribution in [0.15, 0.2) is 251 Å². The fourth-order valence-electron chi connectivity index (χ4n) is 14.4. The Balaban J connectivity index is 0.710. The Morgan fingerprint density at radius 1 is 0.256 bits per heavy atom. The molecule has 82 heavy (non-hydrogen) atoms. The average Bonchev–Trinajstić information content (AvgIpc) is 2.98.